The van der Waals surface area contributed by atoms with Gasteiger partial charge in [0.15, 0.2) is 0 Å². The Bertz CT molecular complexity index is 571. The number of rotatable bonds is 0. The van der Waals surface area contributed by atoms with Gasteiger partial charge < -0.3 is 10.1 Å². The van der Waals surface area contributed by atoms with Gasteiger partial charge in [0, 0.05) is 5.54 Å². The largest absolute Gasteiger partial charge is 0.443 e. The van der Waals surface area contributed by atoms with Crippen LogP contribution in [0.15, 0.2) is 12.1 Å². The monoisotopic (exact) mass is 290 g/mol. The molecule has 1 aliphatic rings. The minimum Gasteiger partial charge on any atom is -0.443 e. The van der Waals surface area contributed by atoms with Gasteiger partial charge in [0.2, 0.25) is 0 Å². The summed E-state index contributed by atoms with van der Waals surface area (Å²) in [5.41, 5.74) is 3.52. The van der Waals surface area contributed by atoms with E-state index in [4.69, 9.17) is 4.74 Å². The number of nitrogens with zero attached hydrogens (tertiary/aromatic N) is 1. The van der Waals surface area contributed by atoms with Crippen LogP contribution in [0.25, 0.3) is 0 Å². The van der Waals surface area contributed by atoms with Gasteiger partial charge in [-0.3, -0.25) is 4.90 Å². The fourth-order valence-corrected chi connectivity index (χ4v) is 2.60. The SMILES string of the molecule is Cc1ccc2c(c1C)N(C(=O)OC(C)(C)C)CC(C)(C)N2. The van der Waals surface area contributed by atoms with Crippen molar-refractivity contribution in [2.75, 3.05) is 16.8 Å². The number of amides is 1. The molecular formula is C17H26N2O2. The van der Waals surface area contributed by atoms with E-state index in [0.29, 0.717) is 6.54 Å². The first-order chi connectivity index (χ1) is 9.50. The highest BCUT2D eigenvalue weighted by Crippen LogP contribution is 2.39. The van der Waals surface area contributed by atoms with Gasteiger partial charge in [-0.25, -0.2) is 4.79 Å². The Hall–Kier alpha value is -1.71. The summed E-state index contributed by atoms with van der Waals surface area (Å²) in [6.45, 7) is 14.5. The Kier molecular flexibility index (Phi) is 3.68. The van der Waals surface area contributed by atoms with E-state index in [1.54, 1.807) is 4.90 Å². The molecule has 4 nitrogen and oxygen atoms in total. The standard InChI is InChI=1S/C17H26N2O2/c1-11-8-9-13-14(12(11)2)19(10-17(6,7)18-13)15(20)21-16(3,4)5/h8-9,18H,10H2,1-7H3. The van der Waals surface area contributed by atoms with Gasteiger partial charge in [-0.2, -0.15) is 0 Å². The quantitative estimate of drug-likeness (QED) is 0.776. The maximum Gasteiger partial charge on any atom is 0.414 e. The van der Waals surface area contributed by atoms with Crippen LogP contribution in [0.2, 0.25) is 0 Å². The van der Waals surface area contributed by atoms with E-state index in [-0.39, 0.29) is 11.6 Å². The summed E-state index contributed by atoms with van der Waals surface area (Å²) in [6, 6.07) is 4.12. The number of benzene rings is 1. The summed E-state index contributed by atoms with van der Waals surface area (Å²) < 4.78 is 5.58. The molecule has 1 aromatic rings. The molecule has 1 aliphatic heterocycles. The first-order valence-electron chi connectivity index (χ1n) is 7.39. The van der Waals surface area contributed by atoms with Gasteiger partial charge in [-0.1, -0.05) is 6.07 Å². The van der Waals surface area contributed by atoms with Crippen molar-refractivity contribution in [3.05, 3.63) is 23.3 Å². The summed E-state index contributed by atoms with van der Waals surface area (Å²) in [5.74, 6) is 0. The number of ether oxygens (including phenoxy) is 1. The molecule has 0 saturated carbocycles. The van der Waals surface area contributed by atoms with Crippen LogP contribution in [0.3, 0.4) is 0 Å². The molecule has 116 valence electrons. The normalized spacial score (nSPS) is 17.0. The van der Waals surface area contributed by atoms with Gasteiger partial charge in [0.25, 0.3) is 0 Å². The Labute approximate surface area is 127 Å². The van der Waals surface area contributed by atoms with Gasteiger partial charge in [0.1, 0.15) is 5.60 Å². The van der Waals surface area contributed by atoms with E-state index in [0.717, 1.165) is 16.9 Å². The number of hydrogen-bond acceptors (Lipinski definition) is 3. The molecule has 0 bridgehead atoms. The molecule has 0 spiro atoms. The van der Waals surface area contributed by atoms with Crippen LogP contribution in [0.5, 0.6) is 0 Å². The fourth-order valence-electron chi connectivity index (χ4n) is 2.60. The summed E-state index contributed by atoms with van der Waals surface area (Å²) >= 11 is 0. The van der Waals surface area contributed by atoms with Crippen molar-refractivity contribution in [1.29, 1.82) is 0 Å². The Morgan fingerprint density at radius 3 is 2.48 bits per heavy atom. The Balaban J connectivity index is 2.47. The fraction of sp³-hybridized carbons (Fsp3) is 0.588. The molecule has 0 atom stereocenters. The lowest BCUT2D eigenvalue weighted by Crippen LogP contribution is -2.52. The highest BCUT2D eigenvalue weighted by atomic mass is 16.6. The minimum absolute atomic E-state index is 0.189. The maximum atomic E-state index is 12.6. The van der Waals surface area contributed by atoms with Gasteiger partial charge in [-0.05, 0) is 65.7 Å². The molecule has 1 amide bonds. The van der Waals surface area contributed by atoms with E-state index in [1.165, 1.54) is 5.56 Å². The van der Waals surface area contributed by atoms with E-state index >= 15 is 0 Å². The predicted octanol–water partition coefficient (Wildman–Crippen LogP) is 4.25. The van der Waals surface area contributed by atoms with Crippen LogP contribution in [0.4, 0.5) is 16.2 Å². The number of carbonyl (C=O) groups is 1. The number of nitrogens with one attached hydrogen (secondary N) is 1. The minimum atomic E-state index is -0.496. The zero-order chi connectivity index (χ0) is 16.0. The van der Waals surface area contributed by atoms with Crippen molar-refractivity contribution in [1.82, 2.24) is 0 Å². The molecule has 1 heterocycles. The molecule has 0 radical (unpaired) electrons. The molecule has 0 saturated heterocycles. The summed E-state index contributed by atoms with van der Waals surface area (Å²) in [6.07, 6.45) is -0.285. The molecule has 0 aromatic heterocycles. The van der Waals surface area contributed by atoms with Crippen molar-refractivity contribution < 1.29 is 9.53 Å². The second-order valence-electron chi connectivity index (χ2n) is 7.48. The second-order valence-corrected chi connectivity index (χ2v) is 7.48. The van der Waals surface area contributed by atoms with Crippen molar-refractivity contribution in [3.63, 3.8) is 0 Å². The van der Waals surface area contributed by atoms with Crippen molar-refractivity contribution in [3.8, 4) is 0 Å². The van der Waals surface area contributed by atoms with Crippen molar-refractivity contribution >= 4 is 17.5 Å². The van der Waals surface area contributed by atoms with Crippen LogP contribution in [0.1, 0.15) is 45.7 Å². The zero-order valence-corrected chi connectivity index (χ0v) is 14.1. The molecule has 21 heavy (non-hydrogen) atoms. The number of hydrogen-bond donors (Lipinski definition) is 1. The van der Waals surface area contributed by atoms with E-state index in [2.05, 4.69) is 32.2 Å². The molecule has 4 heteroatoms. The molecule has 0 unspecified atom stereocenters. The van der Waals surface area contributed by atoms with Crippen LogP contribution in [-0.2, 0) is 4.74 Å². The molecule has 1 aromatic carbocycles. The van der Waals surface area contributed by atoms with Gasteiger partial charge >= 0.3 is 6.09 Å². The highest BCUT2D eigenvalue weighted by Gasteiger charge is 2.36. The third-order valence-electron chi connectivity index (χ3n) is 3.61. The zero-order valence-electron chi connectivity index (χ0n) is 14.1. The lowest BCUT2D eigenvalue weighted by atomic mass is 9.96. The number of anilines is 2. The summed E-state index contributed by atoms with van der Waals surface area (Å²) in [5, 5.41) is 3.50. The first kappa shape index (κ1) is 15.7. The van der Waals surface area contributed by atoms with E-state index in [1.807, 2.05) is 33.8 Å². The lowest BCUT2D eigenvalue weighted by molar-refractivity contribution is 0.0573. The van der Waals surface area contributed by atoms with Crippen LogP contribution >= 0.6 is 0 Å². The van der Waals surface area contributed by atoms with Crippen LogP contribution in [-0.4, -0.2) is 23.8 Å². The van der Waals surface area contributed by atoms with Gasteiger partial charge in [0.05, 0.1) is 17.9 Å². The number of carbonyl (C=O) groups excluding carboxylic acids is 1. The van der Waals surface area contributed by atoms with Crippen LogP contribution in [0, 0.1) is 13.8 Å². The summed E-state index contributed by atoms with van der Waals surface area (Å²) in [7, 11) is 0. The molecule has 1 N–H and O–H groups in total. The van der Waals surface area contributed by atoms with Crippen molar-refractivity contribution in [2.45, 2.75) is 59.6 Å². The third kappa shape index (κ3) is 3.31. The Morgan fingerprint density at radius 2 is 1.90 bits per heavy atom. The molecule has 0 fully saturated rings. The smallest absolute Gasteiger partial charge is 0.414 e. The average molecular weight is 290 g/mol. The van der Waals surface area contributed by atoms with Gasteiger partial charge in [-0.15, -0.1) is 0 Å². The lowest BCUT2D eigenvalue weighted by Gasteiger charge is -2.42. The second kappa shape index (κ2) is 4.93. The first-order valence-corrected chi connectivity index (χ1v) is 7.39. The van der Waals surface area contributed by atoms with Crippen LogP contribution < -0.4 is 10.2 Å². The molecular weight excluding hydrogens is 264 g/mol. The van der Waals surface area contributed by atoms with E-state index < -0.39 is 5.60 Å². The Morgan fingerprint density at radius 1 is 1.29 bits per heavy atom. The van der Waals surface area contributed by atoms with Crippen molar-refractivity contribution in [2.24, 2.45) is 0 Å². The predicted molar refractivity (Wildman–Crippen MR) is 87.2 cm³/mol. The van der Waals surface area contributed by atoms with E-state index in [9.17, 15) is 4.79 Å². The average Bonchev–Trinajstić information content (AvgIpc) is 2.29. The summed E-state index contributed by atoms with van der Waals surface area (Å²) in [4.78, 5) is 14.4. The molecule has 2 rings (SSSR count). The topological polar surface area (TPSA) is 41.6 Å². The number of fused-ring (bicyclic) bond motifs is 1. The number of aryl methyl sites for hydroxylation is 1. The highest BCUT2D eigenvalue weighted by molar-refractivity contribution is 5.95. The molecule has 0 aliphatic carbocycles. The third-order valence-corrected chi connectivity index (χ3v) is 3.61. The maximum absolute atomic E-state index is 12.6.